The quantitative estimate of drug-likeness (QED) is 0.877. The van der Waals surface area contributed by atoms with Crippen molar-refractivity contribution in [1.82, 2.24) is 9.97 Å². The average Bonchev–Trinajstić information content (AvgIpc) is 2.41. The van der Waals surface area contributed by atoms with E-state index in [9.17, 15) is 8.78 Å². The third kappa shape index (κ3) is 3.40. The maximum atomic E-state index is 13.6. The lowest BCUT2D eigenvalue weighted by atomic mass is 10.3. The predicted molar refractivity (Wildman–Crippen MR) is 75.2 cm³/mol. The van der Waals surface area contributed by atoms with E-state index in [-0.39, 0.29) is 5.69 Å². The molecule has 1 aromatic heterocycles. The van der Waals surface area contributed by atoms with Crippen LogP contribution < -0.4 is 10.6 Å². The third-order valence-electron chi connectivity index (χ3n) is 2.61. The minimum atomic E-state index is -0.924. The first-order valence-electron chi connectivity index (χ1n) is 6.40. The van der Waals surface area contributed by atoms with Gasteiger partial charge in [0.1, 0.15) is 17.5 Å². The Morgan fingerprint density at radius 1 is 1.15 bits per heavy atom. The van der Waals surface area contributed by atoms with Crippen LogP contribution in [0.25, 0.3) is 0 Å². The molecule has 0 saturated heterocycles. The number of benzene rings is 1. The Balaban J connectivity index is 2.24. The van der Waals surface area contributed by atoms with Gasteiger partial charge in [-0.1, -0.05) is 13.0 Å². The highest BCUT2D eigenvalue weighted by molar-refractivity contribution is 5.59. The molecule has 2 N–H and O–H groups in total. The molecule has 0 aliphatic rings. The maximum Gasteiger partial charge on any atom is 0.182 e. The van der Waals surface area contributed by atoms with Gasteiger partial charge in [-0.2, -0.15) is 0 Å². The van der Waals surface area contributed by atoms with Crippen LogP contribution in [0.2, 0.25) is 0 Å². The third-order valence-corrected chi connectivity index (χ3v) is 2.61. The van der Waals surface area contributed by atoms with Gasteiger partial charge in [-0.25, -0.2) is 18.7 Å². The monoisotopic (exact) mass is 278 g/mol. The number of hydrogen-bond donors (Lipinski definition) is 2. The zero-order chi connectivity index (χ0) is 14.5. The number of nitrogens with one attached hydrogen (secondary N) is 2. The summed E-state index contributed by atoms with van der Waals surface area (Å²) < 4.78 is 26.7. The van der Waals surface area contributed by atoms with E-state index in [4.69, 9.17) is 0 Å². The van der Waals surface area contributed by atoms with Crippen molar-refractivity contribution in [2.45, 2.75) is 20.3 Å². The minimum Gasteiger partial charge on any atom is -0.370 e. The molecular weight excluding hydrogens is 262 g/mol. The molecular formula is C14H16F2N4. The summed E-state index contributed by atoms with van der Waals surface area (Å²) in [5, 5.41) is 5.89. The molecule has 0 unspecified atom stereocenters. The van der Waals surface area contributed by atoms with Gasteiger partial charge in [0.05, 0.1) is 5.69 Å². The second-order valence-corrected chi connectivity index (χ2v) is 4.34. The SMILES string of the molecule is CCCNc1cc(Nc2cccc(F)c2F)nc(C)n1. The van der Waals surface area contributed by atoms with Crippen LogP contribution in [0, 0.1) is 18.6 Å². The van der Waals surface area contributed by atoms with Crippen LogP contribution in [-0.4, -0.2) is 16.5 Å². The summed E-state index contributed by atoms with van der Waals surface area (Å²) in [7, 11) is 0. The highest BCUT2D eigenvalue weighted by Gasteiger charge is 2.09. The Morgan fingerprint density at radius 3 is 2.65 bits per heavy atom. The molecule has 0 aliphatic carbocycles. The summed E-state index contributed by atoms with van der Waals surface area (Å²) in [6, 6.07) is 5.62. The van der Waals surface area contributed by atoms with Gasteiger partial charge in [0, 0.05) is 12.6 Å². The van der Waals surface area contributed by atoms with Gasteiger partial charge in [-0.05, 0) is 25.5 Å². The molecule has 106 valence electrons. The van der Waals surface area contributed by atoms with Gasteiger partial charge in [0.15, 0.2) is 11.6 Å². The number of anilines is 3. The largest absolute Gasteiger partial charge is 0.370 e. The van der Waals surface area contributed by atoms with Gasteiger partial charge < -0.3 is 10.6 Å². The summed E-state index contributed by atoms with van der Waals surface area (Å²) in [6.45, 7) is 4.57. The standard InChI is InChI=1S/C14H16F2N4/c1-3-7-17-12-8-13(19-9(2)18-12)20-11-6-4-5-10(15)14(11)16/h4-6,8H,3,7H2,1-2H3,(H2,17,18,19,20). The number of nitrogens with zero attached hydrogens (tertiary/aromatic N) is 2. The van der Waals surface area contributed by atoms with E-state index < -0.39 is 11.6 Å². The van der Waals surface area contributed by atoms with E-state index in [1.54, 1.807) is 13.0 Å². The lowest BCUT2D eigenvalue weighted by Crippen LogP contribution is -2.06. The molecule has 0 amide bonds. The van der Waals surface area contributed by atoms with E-state index in [0.717, 1.165) is 19.0 Å². The van der Waals surface area contributed by atoms with Crippen molar-refractivity contribution in [3.63, 3.8) is 0 Å². The average molecular weight is 278 g/mol. The Bertz CT molecular complexity index is 602. The fourth-order valence-electron chi connectivity index (χ4n) is 1.71. The number of halogens is 2. The molecule has 0 saturated carbocycles. The number of hydrogen-bond acceptors (Lipinski definition) is 4. The molecule has 0 bridgehead atoms. The summed E-state index contributed by atoms with van der Waals surface area (Å²) in [5.41, 5.74) is 0.0459. The lowest BCUT2D eigenvalue weighted by Gasteiger charge is -2.10. The van der Waals surface area contributed by atoms with Crippen LogP contribution in [0.1, 0.15) is 19.2 Å². The first-order valence-corrected chi connectivity index (χ1v) is 6.40. The molecule has 4 nitrogen and oxygen atoms in total. The second-order valence-electron chi connectivity index (χ2n) is 4.34. The summed E-state index contributed by atoms with van der Waals surface area (Å²) in [5.74, 6) is -0.207. The Morgan fingerprint density at radius 2 is 1.90 bits per heavy atom. The van der Waals surface area contributed by atoms with Crippen molar-refractivity contribution < 1.29 is 8.78 Å². The smallest absolute Gasteiger partial charge is 0.182 e. The highest BCUT2D eigenvalue weighted by atomic mass is 19.2. The van der Waals surface area contributed by atoms with E-state index in [2.05, 4.69) is 20.6 Å². The van der Waals surface area contributed by atoms with Crippen LogP contribution in [0.15, 0.2) is 24.3 Å². The van der Waals surface area contributed by atoms with E-state index in [1.807, 2.05) is 6.92 Å². The van der Waals surface area contributed by atoms with Crippen molar-refractivity contribution in [2.24, 2.45) is 0 Å². The molecule has 0 spiro atoms. The Hall–Kier alpha value is -2.24. The second kappa shape index (κ2) is 6.27. The van der Waals surface area contributed by atoms with Gasteiger partial charge in [-0.15, -0.1) is 0 Å². The first kappa shape index (κ1) is 14.2. The molecule has 0 fully saturated rings. The highest BCUT2D eigenvalue weighted by Crippen LogP contribution is 2.21. The van der Waals surface area contributed by atoms with E-state index >= 15 is 0 Å². The summed E-state index contributed by atoms with van der Waals surface area (Å²) in [4.78, 5) is 8.38. The first-order chi connectivity index (χ1) is 9.60. The van der Waals surface area contributed by atoms with Crippen LogP contribution in [0.3, 0.4) is 0 Å². The maximum absolute atomic E-state index is 13.6. The zero-order valence-corrected chi connectivity index (χ0v) is 11.4. The minimum absolute atomic E-state index is 0.0459. The van der Waals surface area contributed by atoms with Gasteiger partial charge in [0.2, 0.25) is 0 Å². The van der Waals surface area contributed by atoms with Crippen LogP contribution in [0.5, 0.6) is 0 Å². The molecule has 0 radical (unpaired) electrons. The number of aryl methyl sites for hydroxylation is 1. The topological polar surface area (TPSA) is 49.8 Å². The van der Waals surface area contributed by atoms with Crippen molar-refractivity contribution in [3.8, 4) is 0 Å². The van der Waals surface area contributed by atoms with Crippen LogP contribution >= 0.6 is 0 Å². The van der Waals surface area contributed by atoms with Crippen molar-refractivity contribution in [1.29, 1.82) is 0 Å². The van der Waals surface area contributed by atoms with Crippen molar-refractivity contribution >= 4 is 17.3 Å². The van der Waals surface area contributed by atoms with Crippen LogP contribution in [-0.2, 0) is 0 Å². The molecule has 1 heterocycles. The predicted octanol–water partition coefficient (Wildman–Crippen LogP) is 3.63. The van der Waals surface area contributed by atoms with Crippen LogP contribution in [0.4, 0.5) is 26.1 Å². The zero-order valence-electron chi connectivity index (χ0n) is 11.4. The number of aromatic nitrogens is 2. The molecule has 20 heavy (non-hydrogen) atoms. The molecule has 1 aromatic carbocycles. The number of rotatable bonds is 5. The Labute approximate surface area is 116 Å². The molecule has 6 heteroatoms. The molecule has 2 aromatic rings. The lowest BCUT2D eigenvalue weighted by molar-refractivity contribution is 0.511. The summed E-state index contributed by atoms with van der Waals surface area (Å²) >= 11 is 0. The summed E-state index contributed by atoms with van der Waals surface area (Å²) in [6.07, 6.45) is 0.963. The Kier molecular flexibility index (Phi) is 4.45. The molecule has 0 aliphatic heterocycles. The molecule has 0 atom stereocenters. The molecule has 2 rings (SSSR count). The fourth-order valence-corrected chi connectivity index (χ4v) is 1.71. The van der Waals surface area contributed by atoms with Crippen molar-refractivity contribution in [3.05, 3.63) is 41.7 Å². The fraction of sp³-hybridized carbons (Fsp3) is 0.286. The van der Waals surface area contributed by atoms with E-state index in [0.29, 0.717) is 17.5 Å². The van der Waals surface area contributed by atoms with Crippen molar-refractivity contribution in [2.75, 3.05) is 17.2 Å². The normalized spacial score (nSPS) is 10.4. The van der Waals surface area contributed by atoms with Gasteiger partial charge in [0.25, 0.3) is 0 Å². The van der Waals surface area contributed by atoms with Gasteiger partial charge >= 0.3 is 0 Å². The van der Waals surface area contributed by atoms with Gasteiger partial charge in [-0.3, -0.25) is 0 Å². The van der Waals surface area contributed by atoms with E-state index in [1.165, 1.54) is 12.1 Å².